The Bertz CT molecular complexity index is 394. The molecule has 0 saturated heterocycles. The highest BCUT2D eigenvalue weighted by atomic mass is 19.1. The first kappa shape index (κ1) is 13.4. The highest BCUT2D eigenvalue weighted by molar-refractivity contribution is 5.77. The topological polar surface area (TPSA) is 41.6 Å². The molecule has 5 heteroatoms. The van der Waals surface area contributed by atoms with Gasteiger partial charge in [0.25, 0.3) is 5.91 Å². The lowest BCUT2D eigenvalue weighted by Crippen LogP contribution is -2.27. The summed E-state index contributed by atoms with van der Waals surface area (Å²) >= 11 is 0. The number of carbonyl (C=O) groups excluding carboxylic acids is 1. The van der Waals surface area contributed by atoms with Gasteiger partial charge in [-0.15, -0.1) is 0 Å². The highest BCUT2D eigenvalue weighted by Crippen LogP contribution is 2.18. The summed E-state index contributed by atoms with van der Waals surface area (Å²) in [6.45, 7) is 0.434. The summed E-state index contributed by atoms with van der Waals surface area (Å²) in [6, 6.07) is 4.69. The fourth-order valence-corrected chi connectivity index (χ4v) is 1.24. The van der Waals surface area contributed by atoms with Crippen LogP contribution in [0.1, 0.15) is 5.56 Å². The minimum absolute atomic E-state index is 0.0973. The fourth-order valence-electron chi connectivity index (χ4n) is 1.24. The molecule has 0 aromatic heterocycles. The molecule has 0 saturated carbocycles. The molecule has 0 atom stereocenters. The third-order valence-corrected chi connectivity index (χ3v) is 2.23. The van der Waals surface area contributed by atoms with E-state index in [4.69, 9.17) is 4.74 Å². The minimum Gasteiger partial charge on any atom is -0.481 e. The Kier molecular flexibility index (Phi) is 4.90. The molecule has 0 aliphatic carbocycles. The van der Waals surface area contributed by atoms with Crippen molar-refractivity contribution >= 4 is 5.91 Å². The summed E-state index contributed by atoms with van der Waals surface area (Å²) < 4.78 is 18.7. The summed E-state index contributed by atoms with van der Waals surface area (Å²) in [7, 11) is 5.04. The summed E-state index contributed by atoms with van der Waals surface area (Å²) in [5.74, 6) is -0.562. The van der Waals surface area contributed by atoms with Crippen LogP contribution in [0.15, 0.2) is 18.2 Å². The van der Waals surface area contributed by atoms with E-state index in [2.05, 4.69) is 5.32 Å². The number of likely N-dealkylation sites (N-methyl/N-ethyl adjacent to an activating group) is 1. The van der Waals surface area contributed by atoms with E-state index in [1.807, 2.05) is 0 Å². The van der Waals surface area contributed by atoms with Crippen LogP contribution >= 0.6 is 0 Å². The average molecular weight is 240 g/mol. The fraction of sp³-hybridized carbons (Fsp3) is 0.417. The summed E-state index contributed by atoms with van der Waals surface area (Å²) in [6.07, 6.45) is 0. The lowest BCUT2D eigenvalue weighted by molar-refractivity contribution is -0.130. The number of benzene rings is 1. The van der Waals surface area contributed by atoms with E-state index in [0.717, 1.165) is 5.56 Å². The van der Waals surface area contributed by atoms with Crippen LogP contribution in [0.2, 0.25) is 0 Å². The lowest BCUT2D eigenvalue weighted by Gasteiger charge is -2.12. The maximum atomic E-state index is 13.5. The number of nitrogens with zero attached hydrogens (tertiary/aromatic N) is 1. The van der Waals surface area contributed by atoms with Crippen molar-refractivity contribution in [3.8, 4) is 5.75 Å². The van der Waals surface area contributed by atoms with E-state index < -0.39 is 5.82 Å². The standard InChI is InChI=1S/C12H17FN2O2/c1-14-7-9-4-5-11(10(13)6-9)17-8-12(16)15(2)3/h4-6,14H,7-8H2,1-3H3. The molecule has 17 heavy (non-hydrogen) atoms. The van der Waals surface area contributed by atoms with Crippen molar-refractivity contribution in [1.29, 1.82) is 0 Å². The molecule has 0 aliphatic heterocycles. The average Bonchev–Trinajstić information content (AvgIpc) is 2.27. The molecule has 0 radical (unpaired) electrons. The van der Waals surface area contributed by atoms with Crippen LogP contribution in [0.3, 0.4) is 0 Å². The van der Waals surface area contributed by atoms with Gasteiger partial charge in [0.1, 0.15) is 0 Å². The molecule has 0 fully saturated rings. The SMILES string of the molecule is CNCc1ccc(OCC(=O)N(C)C)c(F)c1. The Morgan fingerprint density at radius 3 is 2.71 bits per heavy atom. The van der Waals surface area contributed by atoms with Gasteiger partial charge in [-0.1, -0.05) is 6.07 Å². The van der Waals surface area contributed by atoms with Gasteiger partial charge in [-0.2, -0.15) is 0 Å². The van der Waals surface area contributed by atoms with Crippen molar-refractivity contribution in [1.82, 2.24) is 10.2 Å². The molecule has 0 aliphatic rings. The molecule has 1 N–H and O–H groups in total. The van der Waals surface area contributed by atoms with Crippen LogP contribution in [-0.4, -0.2) is 38.6 Å². The minimum atomic E-state index is -0.454. The highest BCUT2D eigenvalue weighted by Gasteiger charge is 2.08. The number of rotatable bonds is 5. The molecule has 0 bridgehead atoms. The zero-order valence-corrected chi connectivity index (χ0v) is 10.3. The molecule has 0 spiro atoms. The molecule has 94 valence electrons. The number of nitrogens with one attached hydrogen (secondary N) is 1. The Balaban J connectivity index is 2.63. The van der Waals surface area contributed by atoms with Crippen LogP contribution < -0.4 is 10.1 Å². The second-order valence-electron chi connectivity index (χ2n) is 3.87. The van der Waals surface area contributed by atoms with E-state index in [-0.39, 0.29) is 18.3 Å². The van der Waals surface area contributed by atoms with Crippen LogP contribution in [0.25, 0.3) is 0 Å². The molecular weight excluding hydrogens is 223 g/mol. The lowest BCUT2D eigenvalue weighted by atomic mass is 10.2. The Labute approximate surface area is 100 Å². The zero-order chi connectivity index (χ0) is 12.8. The molecule has 1 rings (SSSR count). The van der Waals surface area contributed by atoms with E-state index >= 15 is 0 Å². The number of carbonyl (C=O) groups is 1. The van der Waals surface area contributed by atoms with Gasteiger partial charge in [-0.05, 0) is 24.7 Å². The smallest absolute Gasteiger partial charge is 0.259 e. The zero-order valence-electron chi connectivity index (χ0n) is 10.3. The van der Waals surface area contributed by atoms with Gasteiger partial charge in [-0.25, -0.2) is 4.39 Å². The summed E-state index contributed by atoms with van der Waals surface area (Å²) in [5, 5.41) is 2.93. The van der Waals surface area contributed by atoms with Gasteiger partial charge in [0.15, 0.2) is 18.2 Å². The second kappa shape index (κ2) is 6.20. The normalized spacial score (nSPS) is 10.1. The maximum Gasteiger partial charge on any atom is 0.259 e. The van der Waals surface area contributed by atoms with Crippen LogP contribution in [0.5, 0.6) is 5.75 Å². The summed E-state index contributed by atoms with van der Waals surface area (Å²) in [5.41, 5.74) is 0.830. The molecular formula is C12H17FN2O2. The van der Waals surface area contributed by atoms with Crippen molar-refractivity contribution in [2.75, 3.05) is 27.7 Å². The van der Waals surface area contributed by atoms with Crippen molar-refractivity contribution in [3.63, 3.8) is 0 Å². The van der Waals surface area contributed by atoms with Crippen LogP contribution in [0, 0.1) is 5.82 Å². The van der Waals surface area contributed by atoms with Gasteiger partial charge in [-0.3, -0.25) is 4.79 Å². The third kappa shape index (κ3) is 4.03. The van der Waals surface area contributed by atoms with Gasteiger partial charge in [0, 0.05) is 20.6 Å². The van der Waals surface area contributed by atoms with E-state index in [1.165, 1.54) is 17.0 Å². The molecule has 0 heterocycles. The van der Waals surface area contributed by atoms with Crippen molar-refractivity contribution in [2.24, 2.45) is 0 Å². The first-order valence-electron chi connectivity index (χ1n) is 5.30. The summed E-state index contributed by atoms with van der Waals surface area (Å²) in [4.78, 5) is 12.7. The first-order valence-corrected chi connectivity index (χ1v) is 5.30. The van der Waals surface area contributed by atoms with Crippen LogP contribution in [0.4, 0.5) is 4.39 Å². The number of amides is 1. The number of hydrogen-bond acceptors (Lipinski definition) is 3. The van der Waals surface area contributed by atoms with Gasteiger partial charge >= 0.3 is 0 Å². The Morgan fingerprint density at radius 1 is 1.47 bits per heavy atom. The van der Waals surface area contributed by atoms with Gasteiger partial charge < -0.3 is 15.0 Å². The Hall–Kier alpha value is -1.62. The Morgan fingerprint density at radius 2 is 2.18 bits per heavy atom. The van der Waals surface area contributed by atoms with Crippen LogP contribution in [-0.2, 0) is 11.3 Å². The number of hydrogen-bond donors (Lipinski definition) is 1. The van der Waals surface area contributed by atoms with Crippen molar-refractivity contribution in [3.05, 3.63) is 29.6 Å². The monoisotopic (exact) mass is 240 g/mol. The molecule has 4 nitrogen and oxygen atoms in total. The number of halogens is 1. The molecule has 1 amide bonds. The van der Waals surface area contributed by atoms with Crippen molar-refractivity contribution in [2.45, 2.75) is 6.54 Å². The molecule has 0 unspecified atom stereocenters. The third-order valence-electron chi connectivity index (χ3n) is 2.23. The maximum absolute atomic E-state index is 13.5. The second-order valence-corrected chi connectivity index (χ2v) is 3.87. The van der Waals surface area contributed by atoms with Gasteiger partial charge in [0.05, 0.1) is 0 Å². The van der Waals surface area contributed by atoms with Gasteiger partial charge in [0.2, 0.25) is 0 Å². The molecule has 1 aromatic carbocycles. The van der Waals surface area contributed by atoms with Crippen molar-refractivity contribution < 1.29 is 13.9 Å². The quantitative estimate of drug-likeness (QED) is 0.835. The van der Waals surface area contributed by atoms with E-state index in [0.29, 0.717) is 6.54 Å². The first-order chi connectivity index (χ1) is 8.04. The number of ether oxygens (including phenoxy) is 1. The predicted molar refractivity (Wildman–Crippen MR) is 63.4 cm³/mol. The molecule has 1 aromatic rings. The largest absolute Gasteiger partial charge is 0.481 e. The predicted octanol–water partition coefficient (Wildman–Crippen LogP) is 1.01. The van der Waals surface area contributed by atoms with E-state index in [9.17, 15) is 9.18 Å². The van der Waals surface area contributed by atoms with E-state index in [1.54, 1.807) is 27.2 Å².